The zero-order valence-electron chi connectivity index (χ0n) is 13.7. The molecule has 1 fully saturated rings. The predicted octanol–water partition coefficient (Wildman–Crippen LogP) is 2.96. The molecule has 1 saturated carbocycles. The van der Waals surface area contributed by atoms with Crippen molar-refractivity contribution >= 4 is 12.1 Å². The van der Waals surface area contributed by atoms with Gasteiger partial charge in [-0.2, -0.15) is 5.10 Å². The van der Waals surface area contributed by atoms with Crippen LogP contribution in [0.1, 0.15) is 23.5 Å². The zero-order chi connectivity index (χ0) is 16.9. The van der Waals surface area contributed by atoms with E-state index < -0.39 is 0 Å². The van der Waals surface area contributed by atoms with Crippen molar-refractivity contribution in [3.63, 3.8) is 0 Å². The smallest absolute Gasteiger partial charge is 0.243 e. The zero-order valence-corrected chi connectivity index (χ0v) is 13.7. The molecule has 0 radical (unpaired) electrons. The second-order valence-electron chi connectivity index (χ2n) is 5.70. The number of hydrogen-bond acceptors (Lipinski definition) is 4. The molecule has 0 aliphatic heterocycles. The normalized spacial score (nSPS) is 19.1. The number of hydrazone groups is 1. The molecular weight excluding hydrogens is 304 g/mol. The minimum absolute atomic E-state index is 0.00300. The lowest BCUT2D eigenvalue weighted by Crippen LogP contribution is -2.20. The fourth-order valence-corrected chi connectivity index (χ4v) is 2.74. The first-order chi connectivity index (χ1) is 11.7. The highest BCUT2D eigenvalue weighted by atomic mass is 16.5. The first kappa shape index (κ1) is 16.1. The SMILES string of the molecule is COc1ccc(OC)c(/C=N/NC(=O)C2CC2c2ccccc2)c1. The van der Waals surface area contributed by atoms with Crippen LogP contribution in [0.5, 0.6) is 11.5 Å². The number of ether oxygens (including phenoxy) is 2. The van der Waals surface area contributed by atoms with E-state index >= 15 is 0 Å². The third kappa shape index (κ3) is 3.56. The molecule has 0 heterocycles. The van der Waals surface area contributed by atoms with E-state index in [4.69, 9.17) is 9.47 Å². The molecule has 0 aromatic heterocycles. The van der Waals surface area contributed by atoms with E-state index in [-0.39, 0.29) is 11.8 Å². The maximum absolute atomic E-state index is 12.2. The number of carbonyl (C=O) groups excluding carboxylic acids is 1. The van der Waals surface area contributed by atoms with Gasteiger partial charge in [0.05, 0.1) is 20.4 Å². The Morgan fingerprint density at radius 1 is 1.17 bits per heavy atom. The van der Waals surface area contributed by atoms with Gasteiger partial charge < -0.3 is 9.47 Å². The van der Waals surface area contributed by atoms with E-state index in [1.807, 2.05) is 24.3 Å². The van der Waals surface area contributed by atoms with Gasteiger partial charge >= 0.3 is 0 Å². The van der Waals surface area contributed by atoms with Crippen LogP contribution in [0.25, 0.3) is 0 Å². The number of nitrogens with one attached hydrogen (secondary N) is 1. The van der Waals surface area contributed by atoms with Gasteiger partial charge in [-0.15, -0.1) is 0 Å². The summed E-state index contributed by atoms with van der Waals surface area (Å²) in [5.41, 5.74) is 4.56. The van der Waals surface area contributed by atoms with Gasteiger partial charge in [-0.25, -0.2) is 5.43 Å². The highest BCUT2D eigenvalue weighted by molar-refractivity contribution is 5.87. The summed E-state index contributed by atoms with van der Waals surface area (Å²) < 4.78 is 10.5. The van der Waals surface area contributed by atoms with E-state index in [1.165, 1.54) is 5.56 Å². The highest BCUT2D eigenvalue weighted by Crippen LogP contribution is 2.47. The quantitative estimate of drug-likeness (QED) is 0.656. The van der Waals surface area contributed by atoms with Gasteiger partial charge in [-0.1, -0.05) is 30.3 Å². The molecule has 2 aromatic rings. The Kier molecular flexibility index (Phi) is 4.79. The first-order valence-corrected chi connectivity index (χ1v) is 7.83. The van der Waals surface area contributed by atoms with E-state index in [2.05, 4.69) is 22.7 Å². The van der Waals surface area contributed by atoms with Crippen molar-refractivity contribution in [2.45, 2.75) is 12.3 Å². The molecule has 1 aliphatic rings. The number of methoxy groups -OCH3 is 2. The monoisotopic (exact) mass is 324 g/mol. The van der Waals surface area contributed by atoms with E-state index in [1.54, 1.807) is 32.6 Å². The Labute approximate surface area is 141 Å². The van der Waals surface area contributed by atoms with Crippen LogP contribution >= 0.6 is 0 Å². The molecule has 1 N–H and O–H groups in total. The average molecular weight is 324 g/mol. The predicted molar refractivity (Wildman–Crippen MR) is 92.6 cm³/mol. The van der Waals surface area contributed by atoms with Crippen molar-refractivity contribution < 1.29 is 14.3 Å². The molecule has 1 amide bonds. The Hall–Kier alpha value is -2.82. The van der Waals surface area contributed by atoms with Crippen molar-refractivity contribution in [3.05, 3.63) is 59.7 Å². The Morgan fingerprint density at radius 2 is 1.96 bits per heavy atom. The molecule has 0 saturated heterocycles. The molecule has 2 atom stereocenters. The van der Waals surface area contributed by atoms with Crippen LogP contribution < -0.4 is 14.9 Å². The van der Waals surface area contributed by atoms with Gasteiger partial charge in [0.1, 0.15) is 11.5 Å². The molecule has 3 rings (SSSR count). The summed E-state index contributed by atoms with van der Waals surface area (Å²) in [7, 11) is 3.19. The first-order valence-electron chi connectivity index (χ1n) is 7.83. The molecule has 0 spiro atoms. The number of carbonyl (C=O) groups is 1. The van der Waals surface area contributed by atoms with E-state index in [0.29, 0.717) is 17.4 Å². The fraction of sp³-hybridized carbons (Fsp3) is 0.263. The standard InChI is InChI=1S/C19H20N2O3/c1-23-15-8-9-18(24-2)14(10-15)12-20-21-19(22)17-11-16(17)13-6-4-3-5-7-13/h3-10,12,16-17H,11H2,1-2H3,(H,21,22)/b20-12+. The summed E-state index contributed by atoms with van der Waals surface area (Å²) in [5.74, 6) is 1.61. The topological polar surface area (TPSA) is 59.9 Å². The van der Waals surface area contributed by atoms with Crippen LogP contribution in [-0.2, 0) is 4.79 Å². The van der Waals surface area contributed by atoms with Crippen molar-refractivity contribution in [1.29, 1.82) is 0 Å². The minimum Gasteiger partial charge on any atom is -0.497 e. The lowest BCUT2D eigenvalue weighted by Gasteiger charge is -2.06. The molecular formula is C19H20N2O3. The summed E-state index contributed by atoms with van der Waals surface area (Å²) in [4.78, 5) is 12.2. The third-order valence-corrected chi connectivity index (χ3v) is 4.17. The van der Waals surface area contributed by atoms with Crippen LogP contribution in [0.3, 0.4) is 0 Å². The molecule has 124 valence electrons. The van der Waals surface area contributed by atoms with E-state index in [0.717, 1.165) is 12.0 Å². The maximum atomic E-state index is 12.2. The summed E-state index contributed by atoms with van der Waals surface area (Å²) in [6, 6.07) is 15.5. The maximum Gasteiger partial charge on any atom is 0.243 e. The van der Waals surface area contributed by atoms with Gasteiger partial charge in [0, 0.05) is 11.5 Å². The van der Waals surface area contributed by atoms with Gasteiger partial charge in [0.15, 0.2) is 0 Å². The summed E-state index contributed by atoms with van der Waals surface area (Å²) >= 11 is 0. The highest BCUT2D eigenvalue weighted by Gasteiger charge is 2.43. The van der Waals surface area contributed by atoms with Crippen LogP contribution in [0, 0.1) is 5.92 Å². The Bertz CT molecular complexity index is 744. The van der Waals surface area contributed by atoms with Crippen LogP contribution in [0.4, 0.5) is 0 Å². The molecule has 1 aliphatic carbocycles. The number of hydrogen-bond donors (Lipinski definition) is 1. The molecule has 2 unspecified atom stereocenters. The minimum atomic E-state index is -0.0537. The van der Waals surface area contributed by atoms with Crippen molar-refractivity contribution in [2.24, 2.45) is 11.0 Å². The molecule has 2 aromatic carbocycles. The lowest BCUT2D eigenvalue weighted by molar-refractivity contribution is -0.122. The van der Waals surface area contributed by atoms with Gasteiger partial charge in [-0.05, 0) is 36.1 Å². The lowest BCUT2D eigenvalue weighted by atomic mass is 10.1. The van der Waals surface area contributed by atoms with Crippen molar-refractivity contribution in [2.75, 3.05) is 14.2 Å². The third-order valence-electron chi connectivity index (χ3n) is 4.17. The molecule has 0 bridgehead atoms. The molecule has 5 nitrogen and oxygen atoms in total. The van der Waals surface area contributed by atoms with Gasteiger partial charge in [0.2, 0.25) is 5.91 Å². The summed E-state index contributed by atoms with van der Waals surface area (Å²) in [6.45, 7) is 0. The Balaban J connectivity index is 1.60. The fourth-order valence-electron chi connectivity index (χ4n) is 2.74. The Morgan fingerprint density at radius 3 is 2.67 bits per heavy atom. The largest absolute Gasteiger partial charge is 0.497 e. The van der Waals surface area contributed by atoms with Gasteiger partial charge in [-0.3, -0.25) is 4.79 Å². The number of amides is 1. The summed E-state index contributed by atoms with van der Waals surface area (Å²) in [6.07, 6.45) is 2.44. The van der Waals surface area contributed by atoms with Crippen molar-refractivity contribution in [3.8, 4) is 11.5 Å². The van der Waals surface area contributed by atoms with E-state index in [9.17, 15) is 4.79 Å². The molecule has 5 heteroatoms. The second-order valence-corrected chi connectivity index (χ2v) is 5.70. The number of nitrogens with zero attached hydrogens (tertiary/aromatic N) is 1. The van der Waals surface area contributed by atoms with Crippen LogP contribution in [-0.4, -0.2) is 26.3 Å². The average Bonchev–Trinajstić information content (AvgIpc) is 3.43. The van der Waals surface area contributed by atoms with Crippen molar-refractivity contribution in [1.82, 2.24) is 5.43 Å². The van der Waals surface area contributed by atoms with Gasteiger partial charge in [0.25, 0.3) is 0 Å². The molecule has 24 heavy (non-hydrogen) atoms. The number of rotatable bonds is 6. The van der Waals surface area contributed by atoms with Crippen LogP contribution in [0.2, 0.25) is 0 Å². The number of benzene rings is 2. The summed E-state index contributed by atoms with van der Waals surface area (Å²) in [5, 5.41) is 4.05. The van der Waals surface area contributed by atoms with Crippen LogP contribution in [0.15, 0.2) is 53.6 Å². The second kappa shape index (κ2) is 7.17.